The summed E-state index contributed by atoms with van der Waals surface area (Å²) in [6.45, 7) is 2.00. The van der Waals surface area contributed by atoms with Crippen molar-refractivity contribution < 1.29 is 25.6 Å². The zero-order chi connectivity index (χ0) is 26.0. The maximum absolute atomic E-state index is 9.87. The van der Waals surface area contributed by atoms with E-state index in [9.17, 15) is 4.79 Å². The van der Waals surface area contributed by atoms with Crippen LogP contribution in [0.3, 0.4) is 0 Å². The van der Waals surface area contributed by atoms with E-state index < -0.39 is 26.8 Å². The summed E-state index contributed by atoms with van der Waals surface area (Å²) in [5.41, 5.74) is 12.0. The monoisotopic (exact) mass is 608 g/mol. The third-order valence-corrected chi connectivity index (χ3v) is 6.74. The number of amides is 1. The van der Waals surface area contributed by atoms with Crippen LogP contribution in [0.2, 0.25) is 0 Å². The molecule has 0 aliphatic heterocycles. The van der Waals surface area contributed by atoms with Gasteiger partial charge in [-0.2, -0.15) is 29.8 Å². The molecule has 5 rings (SSSR count). The maximum Gasteiger partial charge on any atom is 0.103 e. The third kappa shape index (κ3) is 11.4. The van der Waals surface area contributed by atoms with Crippen molar-refractivity contribution in [1.29, 1.82) is 0 Å². The van der Waals surface area contributed by atoms with Crippen molar-refractivity contribution in [3.8, 4) is 11.1 Å². The number of nitrogens with one attached hydrogen (secondary N) is 1. The van der Waals surface area contributed by atoms with E-state index in [0.717, 1.165) is 19.3 Å². The van der Waals surface area contributed by atoms with Gasteiger partial charge in [-0.3, -0.25) is 0 Å². The van der Waals surface area contributed by atoms with Crippen molar-refractivity contribution in [3.63, 3.8) is 0 Å². The fourth-order valence-corrected chi connectivity index (χ4v) is 4.84. The summed E-state index contributed by atoms with van der Waals surface area (Å²) in [6.07, 6.45) is 3.34. The number of halogens is 2. The van der Waals surface area contributed by atoms with E-state index in [0.29, 0.717) is 6.42 Å². The Balaban J connectivity index is 0.000000188. The molecule has 6 heteroatoms. The van der Waals surface area contributed by atoms with E-state index in [-0.39, 0.29) is 9.52 Å². The van der Waals surface area contributed by atoms with Gasteiger partial charge in [0.15, 0.2) is 0 Å². The predicted octanol–water partition coefficient (Wildman–Crippen LogP) is 7.26. The van der Waals surface area contributed by atoms with Gasteiger partial charge in [-0.1, -0.05) is 120 Å². The molecule has 1 amide bonds. The zero-order valence-corrected chi connectivity index (χ0v) is 25.5. The zero-order valence-electron chi connectivity index (χ0n) is 20.4. The number of fused-ring (bicyclic) bond motifs is 3. The molecule has 0 heterocycles. The Kier molecular flexibility index (Phi) is 15.4. The van der Waals surface area contributed by atoms with Gasteiger partial charge in [-0.05, 0) is 19.3 Å². The molecule has 0 bridgehead atoms. The molecule has 0 fully saturated rings. The first kappa shape index (κ1) is 30.3. The first-order valence-electron chi connectivity index (χ1n) is 11.8. The number of hydrogen-bond donors (Lipinski definition) is 0. The van der Waals surface area contributed by atoms with Crippen molar-refractivity contribution in [3.05, 3.63) is 126 Å². The van der Waals surface area contributed by atoms with Crippen LogP contribution in [0, 0.1) is 6.07 Å². The van der Waals surface area contributed by atoms with Gasteiger partial charge in [0.1, 0.15) is 9.52 Å². The molecule has 36 heavy (non-hydrogen) atoms. The fourth-order valence-electron chi connectivity index (χ4n) is 3.63. The predicted molar refractivity (Wildman–Crippen MR) is 153 cm³/mol. The number of rotatable bonds is 5. The van der Waals surface area contributed by atoms with Crippen molar-refractivity contribution in [2.45, 2.75) is 32.6 Å². The number of benzene rings is 4. The van der Waals surface area contributed by atoms with Crippen LogP contribution >= 0.6 is 17.0 Å². The summed E-state index contributed by atoms with van der Waals surface area (Å²) in [6, 6.07) is 39.4. The molecule has 4 aromatic carbocycles. The van der Waals surface area contributed by atoms with Crippen molar-refractivity contribution in [2.75, 3.05) is 0 Å². The quantitative estimate of drug-likeness (QED) is 0.153. The Bertz CT molecular complexity index is 1080. The van der Waals surface area contributed by atoms with Crippen molar-refractivity contribution in [1.82, 2.24) is 0 Å². The van der Waals surface area contributed by atoms with E-state index in [1.807, 2.05) is 13.0 Å². The maximum atomic E-state index is 9.87. The second kappa shape index (κ2) is 18.3. The Morgan fingerprint density at radius 2 is 1.39 bits per heavy atom. The molecular formula is C30H30Cl2NOSiZr. The number of carbonyl (C=O) groups is 1. The van der Waals surface area contributed by atoms with Gasteiger partial charge in [0.25, 0.3) is 0 Å². The summed E-state index contributed by atoms with van der Waals surface area (Å²) >= 11 is -0.826. The molecule has 1 aliphatic rings. The summed E-state index contributed by atoms with van der Waals surface area (Å²) < 4.78 is 0. The Morgan fingerprint density at radius 3 is 1.92 bits per heavy atom. The van der Waals surface area contributed by atoms with Gasteiger partial charge in [-0.15, -0.1) is 5.56 Å². The van der Waals surface area contributed by atoms with Crippen molar-refractivity contribution in [2.24, 2.45) is 0 Å². The van der Waals surface area contributed by atoms with Gasteiger partial charge in [0.05, 0.1) is 0 Å². The van der Waals surface area contributed by atoms with E-state index >= 15 is 0 Å². The molecule has 0 atom stereocenters. The average molecular weight is 611 g/mol. The molecule has 2 nitrogen and oxygen atoms in total. The van der Waals surface area contributed by atoms with Gasteiger partial charge < -0.3 is 10.5 Å². The molecule has 0 saturated heterocycles. The van der Waals surface area contributed by atoms with Gasteiger partial charge >= 0.3 is 37.9 Å². The average Bonchev–Trinajstić information content (AvgIpc) is 3.29. The first-order valence-corrected chi connectivity index (χ1v) is 19.3. The Labute approximate surface area is 236 Å². The summed E-state index contributed by atoms with van der Waals surface area (Å²) in [5.74, 6) is -0.443. The number of hydrogen-bond acceptors (Lipinski definition) is 1. The second-order valence-corrected chi connectivity index (χ2v) is 13.3. The van der Waals surface area contributed by atoms with Crippen LogP contribution in [0.25, 0.3) is 16.9 Å². The van der Waals surface area contributed by atoms with Crippen LogP contribution in [0.1, 0.15) is 37.3 Å². The van der Waals surface area contributed by atoms with Crippen LogP contribution in [-0.4, -0.2) is 15.4 Å². The summed E-state index contributed by atoms with van der Waals surface area (Å²) in [5, 5.41) is 2.90. The molecule has 0 spiro atoms. The van der Waals surface area contributed by atoms with E-state index in [1.54, 1.807) is 0 Å². The van der Waals surface area contributed by atoms with Crippen LogP contribution in [0.15, 0.2) is 103 Å². The fraction of sp³-hybridized carbons (Fsp3) is 0.167. The normalized spacial score (nSPS) is 9.97. The minimum absolute atomic E-state index is 0.271. The molecule has 1 N–H and O–H groups in total. The largest absolute Gasteiger partial charge is 0.179 e. The second-order valence-electron chi connectivity index (χ2n) is 7.96. The van der Waals surface area contributed by atoms with Gasteiger partial charge in [-0.25, -0.2) is 0 Å². The van der Waals surface area contributed by atoms with Crippen LogP contribution in [0.4, 0.5) is 0 Å². The SMILES string of the molecule is CCCCC([NH-])=O.[Cl][Zr+2][Cl].[c-]1cccc2c1Cc1ccccc1-2.c1ccc([SiH]c2ccccc2)cc1. The van der Waals surface area contributed by atoms with Crippen molar-refractivity contribution >= 4 is 42.8 Å². The molecule has 1 radical (unpaired) electrons. The smallest absolute Gasteiger partial charge is 0.103 e. The Morgan fingerprint density at radius 1 is 0.861 bits per heavy atom. The van der Waals surface area contributed by atoms with Crippen LogP contribution in [0.5, 0.6) is 0 Å². The first-order chi connectivity index (χ1) is 17.6. The van der Waals surface area contributed by atoms with Crippen LogP contribution in [-0.2, 0) is 32.1 Å². The van der Waals surface area contributed by atoms with E-state index in [2.05, 4.69) is 103 Å². The van der Waals surface area contributed by atoms with Crippen LogP contribution < -0.4 is 10.4 Å². The molecular weight excluding hydrogens is 581 g/mol. The van der Waals surface area contributed by atoms with E-state index in [4.69, 9.17) is 22.8 Å². The molecule has 183 valence electrons. The molecule has 0 aromatic heterocycles. The number of unbranched alkanes of at least 4 members (excludes halogenated alkanes) is 1. The van der Waals surface area contributed by atoms with Gasteiger partial charge in [0.2, 0.25) is 0 Å². The molecule has 0 unspecified atom stereocenters. The van der Waals surface area contributed by atoms with E-state index in [1.165, 1.54) is 32.6 Å². The molecule has 4 aromatic rings. The third-order valence-electron chi connectivity index (χ3n) is 5.31. The Hall–Kier alpha value is -1.97. The summed E-state index contributed by atoms with van der Waals surface area (Å²) in [7, 11) is 10.1. The minimum atomic E-state index is -0.826. The minimum Gasteiger partial charge on any atom is -0.179 e. The topological polar surface area (TPSA) is 40.9 Å². The number of carbonyl (C=O) groups excluding carboxylic acids is 1. The molecule has 1 aliphatic carbocycles. The standard InChI is InChI=1S/C13H9.C12H11Si.C5H11NO.2ClH.Zr/c1-3-7-12-10(5-1)9-11-6-2-4-8-13(11)12;1-3-7-11(8-4-1)13-12-9-5-2-6-10-12;1-2-3-4-5(6)7;;;/h1-5,7-8H,9H2;1-10,13H;2-4H2,1H3,(H2,6,7);2*1H;/q-1;;;;;+4/p-3. The molecule has 0 saturated carbocycles. The summed E-state index contributed by atoms with van der Waals surface area (Å²) in [4.78, 5) is 9.87. The van der Waals surface area contributed by atoms with Gasteiger partial charge in [0, 0.05) is 5.91 Å².